The fourth-order valence-corrected chi connectivity index (χ4v) is 2.86. The van der Waals surface area contributed by atoms with Crippen molar-refractivity contribution >= 4 is 11.9 Å². The molecule has 1 aliphatic rings. The Hall–Kier alpha value is -2.08. The number of imide groups is 1. The molecule has 0 saturated carbocycles. The van der Waals surface area contributed by atoms with Crippen LogP contribution in [-0.4, -0.2) is 38.2 Å². The highest BCUT2D eigenvalue weighted by molar-refractivity contribution is 5.95. The molecule has 6 nitrogen and oxygen atoms in total. The highest BCUT2D eigenvalue weighted by Gasteiger charge is 2.22. The number of carbonyl (C=O) groups excluding carboxylic acids is 2. The number of carbonyl (C=O) groups is 2. The van der Waals surface area contributed by atoms with E-state index in [1.165, 1.54) is 5.56 Å². The van der Waals surface area contributed by atoms with E-state index in [0.29, 0.717) is 19.6 Å². The Morgan fingerprint density at radius 3 is 2.42 bits per heavy atom. The molecule has 0 spiro atoms. The van der Waals surface area contributed by atoms with Crippen LogP contribution in [0.3, 0.4) is 0 Å². The average molecular weight is 361 g/mol. The summed E-state index contributed by atoms with van der Waals surface area (Å²) in [4.78, 5) is 23.7. The molecule has 0 radical (unpaired) electrons. The number of hydrogen-bond acceptors (Lipinski definition) is 4. The predicted octanol–water partition coefficient (Wildman–Crippen LogP) is 2.58. The van der Waals surface area contributed by atoms with Crippen LogP contribution in [0.4, 0.5) is 4.79 Å². The molecule has 2 rings (SSSR count). The van der Waals surface area contributed by atoms with Crippen LogP contribution in [0.25, 0.3) is 0 Å². The van der Waals surface area contributed by atoms with Crippen LogP contribution >= 0.6 is 0 Å². The summed E-state index contributed by atoms with van der Waals surface area (Å²) >= 11 is 0. The summed E-state index contributed by atoms with van der Waals surface area (Å²) in [5.74, 6) is 0.573. The first-order valence-corrected chi connectivity index (χ1v) is 9.39. The molecule has 0 aliphatic carbocycles. The molecule has 1 aromatic carbocycles. The topological polar surface area (TPSA) is 79.5 Å². The molecule has 1 fully saturated rings. The van der Waals surface area contributed by atoms with Crippen molar-refractivity contribution < 1.29 is 14.3 Å². The van der Waals surface area contributed by atoms with E-state index < -0.39 is 6.03 Å². The molecule has 1 aromatic rings. The predicted molar refractivity (Wildman–Crippen MR) is 102 cm³/mol. The molecule has 1 aliphatic heterocycles. The van der Waals surface area contributed by atoms with Crippen LogP contribution in [0.1, 0.15) is 45.6 Å². The van der Waals surface area contributed by atoms with Gasteiger partial charge >= 0.3 is 6.03 Å². The number of ether oxygens (including phenoxy) is 1. The van der Waals surface area contributed by atoms with Crippen molar-refractivity contribution in [3.8, 4) is 5.75 Å². The maximum absolute atomic E-state index is 12.0. The summed E-state index contributed by atoms with van der Waals surface area (Å²) in [6.45, 7) is 9.16. The third-order valence-electron chi connectivity index (χ3n) is 4.54. The van der Waals surface area contributed by atoms with Crippen LogP contribution in [0.2, 0.25) is 0 Å². The Labute approximate surface area is 156 Å². The van der Waals surface area contributed by atoms with Gasteiger partial charge in [0.25, 0.3) is 0 Å². The minimum atomic E-state index is -0.428. The molecular formula is C20H31N3O3. The van der Waals surface area contributed by atoms with Crippen LogP contribution in [0.5, 0.6) is 5.75 Å². The number of nitrogens with one attached hydrogen (secondary N) is 3. The van der Waals surface area contributed by atoms with Gasteiger partial charge in [0.1, 0.15) is 5.75 Å². The van der Waals surface area contributed by atoms with Gasteiger partial charge in [0.2, 0.25) is 5.91 Å². The Balaban J connectivity index is 1.59. The first kappa shape index (κ1) is 20.2. The van der Waals surface area contributed by atoms with E-state index in [-0.39, 0.29) is 17.2 Å². The zero-order valence-electron chi connectivity index (χ0n) is 16.1. The van der Waals surface area contributed by atoms with E-state index in [1.807, 2.05) is 12.1 Å². The van der Waals surface area contributed by atoms with Gasteiger partial charge in [-0.2, -0.15) is 0 Å². The fraction of sp³-hybridized carbons (Fsp3) is 0.600. The van der Waals surface area contributed by atoms with E-state index >= 15 is 0 Å². The minimum Gasteiger partial charge on any atom is -0.494 e. The second kappa shape index (κ2) is 9.57. The van der Waals surface area contributed by atoms with Gasteiger partial charge in [-0.15, -0.1) is 0 Å². The summed E-state index contributed by atoms with van der Waals surface area (Å²) in [7, 11) is 0. The number of piperidine rings is 1. The van der Waals surface area contributed by atoms with Crippen molar-refractivity contribution in [1.82, 2.24) is 16.0 Å². The first-order chi connectivity index (χ1) is 12.4. The van der Waals surface area contributed by atoms with Gasteiger partial charge in [-0.3, -0.25) is 10.1 Å². The molecule has 6 heteroatoms. The lowest BCUT2D eigenvalue weighted by molar-refractivity contribution is -0.124. The lowest BCUT2D eigenvalue weighted by Crippen LogP contribution is -2.45. The molecule has 3 N–H and O–H groups in total. The lowest BCUT2D eigenvalue weighted by atomic mass is 9.87. The highest BCUT2D eigenvalue weighted by atomic mass is 16.5. The molecule has 0 bridgehead atoms. The van der Waals surface area contributed by atoms with Gasteiger partial charge < -0.3 is 15.4 Å². The number of benzene rings is 1. The molecule has 0 unspecified atom stereocenters. The lowest BCUT2D eigenvalue weighted by Gasteiger charge is -2.21. The van der Waals surface area contributed by atoms with Crippen molar-refractivity contribution in [2.45, 2.75) is 45.4 Å². The highest BCUT2D eigenvalue weighted by Crippen LogP contribution is 2.24. The van der Waals surface area contributed by atoms with Crippen molar-refractivity contribution in [3.63, 3.8) is 0 Å². The van der Waals surface area contributed by atoms with Gasteiger partial charge in [0, 0.05) is 12.5 Å². The van der Waals surface area contributed by atoms with Crippen LogP contribution < -0.4 is 20.7 Å². The van der Waals surface area contributed by atoms with Crippen molar-refractivity contribution in [3.05, 3.63) is 29.8 Å². The standard InChI is InChI=1S/C20H31N3O3/c1-20(2,3)16-5-7-17(8-6-16)26-14-4-11-22-19(25)23-18(24)15-9-12-21-13-10-15/h5-8,15,21H,4,9-14H2,1-3H3,(H2,22,23,24,25). The second-order valence-corrected chi connectivity index (χ2v) is 7.75. The third-order valence-corrected chi connectivity index (χ3v) is 4.54. The van der Waals surface area contributed by atoms with Crippen LogP contribution in [0.15, 0.2) is 24.3 Å². The number of rotatable bonds is 6. The summed E-state index contributed by atoms with van der Waals surface area (Å²) in [5.41, 5.74) is 1.39. The second-order valence-electron chi connectivity index (χ2n) is 7.75. The Kier molecular flexibility index (Phi) is 7.45. The van der Waals surface area contributed by atoms with Gasteiger partial charge in [-0.1, -0.05) is 32.9 Å². The summed E-state index contributed by atoms with van der Waals surface area (Å²) < 4.78 is 5.69. The molecule has 144 valence electrons. The molecule has 0 atom stereocenters. The molecule has 3 amide bonds. The van der Waals surface area contributed by atoms with E-state index in [2.05, 4.69) is 48.9 Å². The number of urea groups is 1. The Morgan fingerprint density at radius 1 is 1.15 bits per heavy atom. The monoisotopic (exact) mass is 361 g/mol. The Morgan fingerprint density at radius 2 is 1.81 bits per heavy atom. The van der Waals surface area contributed by atoms with Gasteiger partial charge in [-0.25, -0.2) is 4.79 Å². The van der Waals surface area contributed by atoms with Crippen LogP contribution in [-0.2, 0) is 10.2 Å². The van der Waals surface area contributed by atoms with Gasteiger partial charge in [-0.05, 0) is 55.5 Å². The normalized spacial score (nSPS) is 15.3. The van der Waals surface area contributed by atoms with E-state index in [4.69, 9.17) is 4.74 Å². The summed E-state index contributed by atoms with van der Waals surface area (Å²) in [5, 5.41) is 8.32. The minimum absolute atomic E-state index is 0.0681. The molecule has 0 aromatic heterocycles. The molecule has 1 heterocycles. The number of amides is 3. The summed E-state index contributed by atoms with van der Waals surface area (Å²) in [6, 6.07) is 7.67. The molecule has 26 heavy (non-hydrogen) atoms. The summed E-state index contributed by atoms with van der Waals surface area (Å²) in [6.07, 6.45) is 2.23. The van der Waals surface area contributed by atoms with Gasteiger partial charge in [0.05, 0.1) is 6.61 Å². The van der Waals surface area contributed by atoms with Gasteiger partial charge in [0.15, 0.2) is 0 Å². The smallest absolute Gasteiger partial charge is 0.321 e. The zero-order valence-corrected chi connectivity index (χ0v) is 16.1. The van der Waals surface area contributed by atoms with Crippen molar-refractivity contribution in [1.29, 1.82) is 0 Å². The molecular weight excluding hydrogens is 330 g/mol. The van der Waals surface area contributed by atoms with E-state index in [9.17, 15) is 9.59 Å². The fourth-order valence-electron chi connectivity index (χ4n) is 2.86. The first-order valence-electron chi connectivity index (χ1n) is 9.39. The van der Waals surface area contributed by atoms with Crippen LogP contribution in [0, 0.1) is 5.92 Å². The average Bonchev–Trinajstić information content (AvgIpc) is 2.62. The maximum atomic E-state index is 12.0. The quantitative estimate of drug-likeness (QED) is 0.681. The number of hydrogen-bond donors (Lipinski definition) is 3. The third kappa shape index (κ3) is 6.67. The van der Waals surface area contributed by atoms with E-state index in [0.717, 1.165) is 31.7 Å². The molecule has 1 saturated heterocycles. The Bertz CT molecular complexity index is 587. The van der Waals surface area contributed by atoms with Crippen molar-refractivity contribution in [2.24, 2.45) is 5.92 Å². The van der Waals surface area contributed by atoms with Crippen molar-refractivity contribution in [2.75, 3.05) is 26.2 Å². The van der Waals surface area contributed by atoms with E-state index in [1.54, 1.807) is 0 Å². The SMILES string of the molecule is CC(C)(C)c1ccc(OCCCNC(=O)NC(=O)C2CCNCC2)cc1. The largest absolute Gasteiger partial charge is 0.494 e. The maximum Gasteiger partial charge on any atom is 0.321 e. The zero-order chi connectivity index (χ0) is 19.0.